The van der Waals surface area contributed by atoms with E-state index in [-0.39, 0.29) is 16.7 Å². The van der Waals surface area contributed by atoms with Crippen molar-refractivity contribution < 1.29 is 14.6 Å². The van der Waals surface area contributed by atoms with Gasteiger partial charge in [-0.3, -0.25) is 0 Å². The minimum atomic E-state index is -1.07. The van der Waals surface area contributed by atoms with Gasteiger partial charge in [0.2, 0.25) is 5.88 Å². The highest BCUT2D eigenvalue weighted by atomic mass is 35.5. The Labute approximate surface area is 98.2 Å². The molecule has 0 spiro atoms. The zero-order valence-corrected chi connectivity index (χ0v) is 9.41. The molecule has 0 amide bonds. The highest BCUT2D eigenvalue weighted by Crippen LogP contribution is 2.25. The average molecular weight is 242 g/mol. The summed E-state index contributed by atoms with van der Waals surface area (Å²) in [6.07, 6.45) is 5.80. The van der Waals surface area contributed by atoms with Crippen LogP contribution in [0.3, 0.4) is 0 Å². The summed E-state index contributed by atoms with van der Waals surface area (Å²) in [7, 11) is 0. The van der Waals surface area contributed by atoms with Crippen molar-refractivity contribution >= 4 is 17.6 Å². The van der Waals surface area contributed by atoms with Crippen LogP contribution >= 0.6 is 11.6 Å². The lowest BCUT2D eigenvalue weighted by atomic mass is 10.2. The van der Waals surface area contributed by atoms with Gasteiger partial charge in [0.15, 0.2) is 0 Å². The summed E-state index contributed by atoms with van der Waals surface area (Å²) in [6.45, 7) is 0. The first-order chi connectivity index (χ1) is 7.66. The number of halogens is 1. The second-order valence-electron chi connectivity index (χ2n) is 3.83. The van der Waals surface area contributed by atoms with Crippen molar-refractivity contribution in [3.63, 3.8) is 0 Å². The van der Waals surface area contributed by atoms with Gasteiger partial charge in [0.25, 0.3) is 0 Å². The summed E-state index contributed by atoms with van der Waals surface area (Å²) in [5, 5.41) is 9.01. The van der Waals surface area contributed by atoms with Crippen molar-refractivity contribution in [2.75, 3.05) is 0 Å². The van der Waals surface area contributed by atoms with Crippen LogP contribution in [0.5, 0.6) is 5.88 Å². The molecule has 16 heavy (non-hydrogen) atoms. The maximum Gasteiger partial charge on any atom is 0.337 e. The summed E-state index contributed by atoms with van der Waals surface area (Å²) in [5.74, 6) is -0.725. The van der Waals surface area contributed by atoms with Crippen LogP contribution in [0, 0.1) is 0 Å². The molecule has 1 saturated carbocycles. The van der Waals surface area contributed by atoms with Gasteiger partial charge in [0.1, 0.15) is 6.10 Å². The summed E-state index contributed by atoms with van der Waals surface area (Å²) in [6, 6.07) is 1.38. The van der Waals surface area contributed by atoms with Crippen molar-refractivity contribution in [1.82, 2.24) is 4.98 Å². The monoisotopic (exact) mass is 241 g/mol. The number of aromatic carboxylic acids is 1. The van der Waals surface area contributed by atoms with Crippen LogP contribution in [0.1, 0.15) is 36.0 Å². The van der Waals surface area contributed by atoms with Crippen LogP contribution in [-0.4, -0.2) is 22.2 Å². The molecule has 0 aromatic carbocycles. The van der Waals surface area contributed by atoms with Gasteiger partial charge in [0.05, 0.1) is 16.8 Å². The predicted molar refractivity (Wildman–Crippen MR) is 59.1 cm³/mol. The lowest BCUT2D eigenvalue weighted by molar-refractivity contribution is 0.0696. The van der Waals surface area contributed by atoms with E-state index in [9.17, 15) is 4.79 Å². The Hall–Kier alpha value is -1.29. The standard InChI is InChI=1S/C11H12ClNO3/c12-9-6-13-10(5-8(9)11(14)15)16-7-3-1-2-4-7/h5-7H,1-4H2,(H,14,15). The van der Waals surface area contributed by atoms with Gasteiger partial charge in [-0.2, -0.15) is 0 Å². The van der Waals surface area contributed by atoms with Gasteiger partial charge in [-0.05, 0) is 25.7 Å². The van der Waals surface area contributed by atoms with Crippen molar-refractivity contribution in [3.8, 4) is 5.88 Å². The van der Waals surface area contributed by atoms with Crippen molar-refractivity contribution in [2.24, 2.45) is 0 Å². The molecule has 0 atom stereocenters. The molecule has 5 heteroatoms. The molecule has 1 aromatic heterocycles. The normalized spacial score (nSPS) is 16.3. The number of carbonyl (C=O) groups is 1. The predicted octanol–water partition coefficient (Wildman–Crippen LogP) is 2.75. The van der Waals surface area contributed by atoms with Gasteiger partial charge in [0, 0.05) is 6.07 Å². The number of rotatable bonds is 3. The Bertz CT molecular complexity index is 402. The van der Waals surface area contributed by atoms with Gasteiger partial charge in [-0.25, -0.2) is 9.78 Å². The molecule has 0 unspecified atom stereocenters. The SMILES string of the molecule is O=C(O)c1cc(OC2CCCC2)ncc1Cl. The van der Waals surface area contributed by atoms with Crippen molar-refractivity contribution in [2.45, 2.75) is 31.8 Å². The number of ether oxygens (including phenoxy) is 1. The molecule has 1 N–H and O–H groups in total. The van der Waals surface area contributed by atoms with E-state index in [4.69, 9.17) is 21.4 Å². The smallest absolute Gasteiger partial charge is 0.337 e. The third kappa shape index (κ3) is 2.44. The molecule has 0 radical (unpaired) electrons. The Kier molecular flexibility index (Phi) is 3.29. The number of pyridine rings is 1. The van der Waals surface area contributed by atoms with E-state index in [1.54, 1.807) is 0 Å². The Balaban J connectivity index is 2.15. The number of aromatic nitrogens is 1. The first-order valence-electron chi connectivity index (χ1n) is 5.22. The maximum absolute atomic E-state index is 10.8. The minimum Gasteiger partial charge on any atom is -0.478 e. The molecule has 1 aromatic rings. The van der Waals surface area contributed by atoms with Crippen molar-refractivity contribution in [3.05, 3.63) is 22.8 Å². The van der Waals surface area contributed by atoms with Crippen LogP contribution in [0.15, 0.2) is 12.3 Å². The van der Waals surface area contributed by atoms with Crippen molar-refractivity contribution in [1.29, 1.82) is 0 Å². The highest BCUT2D eigenvalue weighted by Gasteiger charge is 2.18. The molecule has 1 heterocycles. The molecule has 86 valence electrons. The van der Waals surface area contributed by atoms with Crippen LogP contribution < -0.4 is 4.74 Å². The van der Waals surface area contributed by atoms with Crippen LogP contribution in [0.4, 0.5) is 0 Å². The van der Waals surface area contributed by atoms with Crippen LogP contribution in [-0.2, 0) is 0 Å². The lowest BCUT2D eigenvalue weighted by Gasteiger charge is -2.12. The van der Waals surface area contributed by atoms with E-state index < -0.39 is 5.97 Å². The second-order valence-corrected chi connectivity index (χ2v) is 4.24. The van der Waals surface area contributed by atoms with E-state index in [0.717, 1.165) is 25.7 Å². The van der Waals surface area contributed by atoms with E-state index in [0.29, 0.717) is 5.88 Å². The third-order valence-electron chi connectivity index (χ3n) is 2.65. The fourth-order valence-corrected chi connectivity index (χ4v) is 2.01. The Morgan fingerprint density at radius 2 is 2.19 bits per heavy atom. The molecule has 0 aliphatic heterocycles. The van der Waals surface area contributed by atoms with Gasteiger partial charge < -0.3 is 9.84 Å². The number of hydrogen-bond acceptors (Lipinski definition) is 3. The summed E-state index contributed by atoms with van der Waals surface area (Å²) in [4.78, 5) is 14.8. The Morgan fingerprint density at radius 3 is 2.81 bits per heavy atom. The summed E-state index contributed by atoms with van der Waals surface area (Å²) >= 11 is 5.71. The number of hydrogen-bond donors (Lipinski definition) is 1. The largest absolute Gasteiger partial charge is 0.478 e. The summed E-state index contributed by atoms with van der Waals surface area (Å²) < 4.78 is 5.59. The zero-order valence-electron chi connectivity index (χ0n) is 8.65. The molecule has 1 fully saturated rings. The number of carboxylic acid groups (broad SMARTS) is 1. The highest BCUT2D eigenvalue weighted by molar-refractivity contribution is 6.33. The van der Waals surface area contributed by atoms with Gasteiger partial charge in [-0.15, -0.1) is 0 Å². The molecule has 4 nitrogen and oxygen atoms in total. The topological polar surface area (TPSA) is 59.4 Å². The summed E-state index contributed by atoms with van der Waals surface area (Å²) in [5.41, 5.74) is 0.0321. The fourth-order valence-electron chi connectivity index (χ4n) is 1.82. The zero-order chi connectivity index (χ0) is 11.5. The number of nitrogens with zero attached hydrogens (tertiary/aromatic N) is 1. The average Bonchev–Trinajstić information content (AvgIpc) is 2.73. The molecule has 1 aliphatic rings. The maximum atomic E-state index is 10.8. The molecular formula is C11H12ClNO3. The fraction of sp³-hybridized carbons (Fsp3) is 0.455. The van der Waals surface area contributed by atoms with E-state index in [1.807, 2.05) is 0 Å². The molecule has 2 rings (SSSR count). The lowest BCUT2D eigenvalue weighted by Crippen LogP contribution is -2.12. The van der Waals surface area contributed by atoms with E-state index in [2.05, 4.69) is 4.98 Å². The van der Waals surface area contributed by atoms with Crippen LogP contribution in [0.2, 0.25) is 5.02 Å². The molecular weight excluding hydrogens is 230 g/mol. The minimum absolute atomic E-state index is 0.0321. The third-order valence-corrected chi connectivity index (χ3v) is 2.95. The van der Waals surface area contributed by atoms with E-state index in [1.165, 1.54) is 12.3 Å². The first kappa shape index (κ1) is 11.2. The first-order valence-corrected chi connectivity index (χ1v) is 5.60. The van der Waals surface area contributed by atoms with Gasteiger partial charge >= 0.3 is 5.97 Å². The quantitative estimate of drug-likeness (QED) is 0.884. The van der Waals surface area contributed by atoms with Gasteiger partial charge in [-0.1, -0.05) is 11.6 Å². The number of carboxylic acids is 1. The Morgan fingerprint density at radius 1 is 1.50 bits per heavy atom. The second kappa shape index (κ2) is 4.70. The molecule has 1 aliphatic carbocycles. The van der Waals surface area contributed by atoms with Crippen LogP contribution in [0.25, 0.3) is 0 Å². The molecule has 0 saturated heterocycles. The van der Waals surface area contributed by atoms with E-state index >= 15 is 0 Å². The molecule has 0 bridgehead atoms.